The van der Waals surface area contributed by atoms with Gasteiger partial charge in [-0.1, -0.05) is 30.3 Å². The Morgan fingerprint density at radius 1 is 1.21 bits per heavy atom. The molecular weight excluding hydrogens is 300 g/mol. The largest absolute Gasteiger partial charge is 0.497 e. The summed E-state index contributed by atoms with van der Waals surface area (Å²) >= 11 is 0. The third kappa shape index (κ3) is 5.33. The summed E-state index contributed by atoms with van der Waals surface area (Å²) in [7, 11) is 3.65. The van der Waals surface area contributed by atoms with Crippen LogP contribution in [0.4, 0.5) is 0 Å². The molecule has 2 N–H and O–H groups in total. The quantitative estimate of drug-likeness (QED) is 0.599. The number of allylic oxidation sites excluding steroid dienone is 1. The molecule has 0 aliphatic carbocycles. The van der Waals surface area contributed by atoms with Crippen molar-refractivity contribution in [2.75, 3.05) is 27.2 Å². The molecule has 0 amide bonds. The van der Waals surface area contributed by atoms with Crippen LogP contribution >= 0.6 is 0 Å². The van der Waals surface area contributed by atoms with Gasteiger partial charge in [-0.2, -0.15) is 0 Å². The Kier molecular flexibility index (Phi) is 6.73. The van der Waals surface area contributed by atoms with E-state index in [-0.39, 0.29) is 5.78 Å². The van der Waals surface area contributed by atoms with Gasteiger partial charge in [0.15, 0.2) is 5.78 Å². The number of nitrogens with zero attached hydrogens (tertiary/aromatic N) is 1. The molecule has 2 rings (SSSR count). The average molecular weight is 324 g/mol. The van der Waals surface area contributed by atoms with Gasteiger partial charge in [-0.25, -0.2) is 0 Å². The smallest absolute Gasteiger partial charge is 0.185 e. The van der Waals surface area contributed by atoms with Crippen LogP contribution in [-0.4, -0.2) is 37.9 Å². The highest BCUT2D eigenvalue weighted by atomic mass is 16.5. The Morgan fingerprint density at radius 3 is 2.62 bits per heavy atom. The molecule has 0 aliphatic heterocycles. The molecule has 2 aromatic carbocycles. The second-order valence-corrected chi connectivity index (χ2v) is 5.70. The van der Waals surface area contributed by atoms with E-state index >= 15 is 0 Å². The number of nitrogens with two attached hydrogens (primary N) is 1. The second-order valence-electron chi connectivity index (χ2n) is 5.70. The van der Waals surface area contributed by atoms with Crippen LogP contribution in [0.3, 0.4) is 0 Å². The summed E-state index contributed by atoms with van der Waals surface area (Å²) < 4.78 is 5.10. The fourth-order valence-electron chi connectivity index (χ4n) is 2.43. The average Bonchev–Trinajstić information content (AvgIpc) is 2.60. The summed E-state index contributed by atoms with van der Waals surface area (Å²) in [4.78, 5) is 14.4. The van der Waals surface area contributed by atoms with Crippen molar-refractivity contribution in [3.63, 3.8) is 0 Å². The number of carbonyl (C=O) groups is 1. The van der Waals surface area contributed by atoms with Crippen molar-refractivity contribution in [1.29, 1.82) is 0 Å². The zero-order chi connectivity index (χ0) is 17.4. The standard InChI is InChI=1S/C20H24N2O2/c1-22(13-12-21)15-17-5-3-4-16(14-17)6-11-20(23)18-7-9-19(24-2)10-8-18/h3-11,14H,12-13,15,21H2,1-2H3. The zero-order valence-corrected chi connectivity index (χ0v) is 14.2. The molecule has 0 aliphatic rings. The van der Waals surface area contributed by atoms with Crippen LogP contribution in [0.2, 0.25) is 0 Å². The predicted octanol–water partition coefficient (Wildman–Crippen LogP) is 2.98. The van der Waals surface area contributed by atoms with E-state index in [0.29, 0.717) is 12.1 Å². The van der Waals surface area contributed by atoms with Crippen LogP contribution in [0.25, 0.3) is 6.08 Å². The van der Waals surface area contributed by atoms with Crippen molar-refractivity contribution in [2.45, 2.75) is 6.54 Å². The summed E-state index contributed by atoms with van der Waals surface area (Å²) in [5.41, 5.74) is 8.42. The monoisotopic (exact) mass is 324 g/mol. The van der Waals surface area contributed by atoms with E-state index in [9.17, 15) is 4.79 Å². The van der Waals surface area contributed by atoms with Crippen molar-refractivity contribution in [2.24, 2.45) is 5.73 Å². The third-order valence-corrected chi connectivity index (χ3v) is 3.72. The molecule has 0 saturated carbocycles. The number of ether oxygens (including phenoxy) is 1. The summed E-state index contributed by atoms with van der Waals surface area (Å²) in [6, 6.07) is 15.3. The number of benzene rings is 2. The fourth-order valence-corrected chi connectivity index (χ4v) is 2.43. The molecule has 0 unspecified atom stereocenters. The Bertz CT molecular complexity index is 693. The molecule has 0 radical (unpaired) electrons. The zero-order valence-electron chi connectivity index (χ0n) is 14.2. The van der Waals surface area contributed by atoms with Crippen molar-refractivity contribution in [1.82, 2.24) is 4.90 Å². The highest BCUT2D eigenvalue weighted by Gasteiger charge is 2.03. The molecule has 0 saturated heterocycles. The lowest BCUT2D eigenvalue weighted by atomic mass is 10.1. The molecule has 0 fully saturated rings. The summed E-state index contributed by atoms with van der Waals surface area (Å²) in [6.45, 7) is 2.34. The minimum absolute atomic E-state index is 0.0247. The van der Waals surface area contributed by atoms with Gasteiger partial charge in [-0.05, 0) is 48.5 Å². The van der Waals surface area contributed by atoms with Gasteiger partial charge < -0.3 is 15.4 Å². The lowest BCUT2D eigenvalue weighted by Gasteiger charge is -2.15. The number of ketones is 1. The molecule has 0 spiro atoms. The van der Waals surface area contributed by atoms with E-state index in [1.165, 1.54) is 5.56 Å². The summed E-state index contributed by atoms with van der Waals surface area (Å²) in [5, 5.41) is 0. The minimum atomic E-state index is -0.0247. The first-order valence-electron chi connectivity index (χ1n) is 7.96. The van der Waals surface area contributed by atoms with Crippen molar-refractivity contribution in [3.8, 4) is 5.75 Å². The Hall–Kier alpha value is -2.43. The molecule has 4 heteroatoms. The molecule has 2 aromatic rings. The normalized spacial score (nSPS) is 11.2. The molecule has 0 heterocycles. The van der Waals surface area contributed by atoms with Gasteiger partial charge in [0.1, 0.15) is 5.75 Å². The SMILES string of the molecule is COc1ccc(C(=O)C=Cc2cccc(CN(C)CCN)c2)cc1. The first-order chi connectivity index (χ1) is 11.6. The van der Waals surface area contributed by atoms with Gasteiger partial charge >= 0.3 is 0 Å². The van der Waals surface area contributed by atoms with Crippen molar-refractivity contribution >= 4 is 11.9 Å². The highest BCUT2D eigenvalue weighted by Crippen LogP contribution is 2.13. The van der Waals surface area contributed by atoms with E-state index in [1.54, 1.807) is 37.5 Å². The fraction of sp³-hybridized carbons (Fsp3) is 0.250. The van der Waals surface area contributed by atoms with Crippen LogP contribution in [-0.2, 0) is 6.54 Å². The Morgan fingerprint density at radius 2 is 1.96 bits per heavy atom. The molecule has 0 atom stereocenters. The minimum Gasteiger partial charge on any atom is -0.497 e. The maximum Gasteiger partial charge on any atom is 0.185 e. The maximum absolute atomic E-state index is 12.2. The summed E-state index contributed by atoms with van der Waals surface area (Å²) in [5.74, 6) is 0.716. The van der Waals surface area contributed by atoms with E-state index in [4.69, 9.17) is 10.5 Å². The lowest BCUT2D eigenvalue weighted by Crippen LogP contribution is -2.24. The molecular formula is C20H24N2O2. The van der Waals surface area contributed by atoms with Crippen LogP contribution < -0.4 is 10.5 Å². The predicted molar refractivity (Wildman–Crippen MR) is 98.2 cm³/mol. The lowest BCUT2D eigenvalue weighted by molar-refractivity contribution is 0.104. The first-order valence-corrected chi connectivity index (χ1v) is 7.96. The van der Waals surface area contributed by atoms with Crippen molar-refractivity contribution in [3.05, 3.63) is 71.3 Å². The van der Waals surface area contributed by atoms with E-state index < -0.39 is 0 Å². The molecule has 0 bridgehead atoms. The third-order valence-electron chi connectivity index (χ3n) is 3.72. The van der Waals surface area contributed by atoms with Gasteiger partial charge in [0.2, 0.25) is 0 Å². The van der Waals surface area contributed by atoms with E-state index in [2.05, 4.69) is 17.0 Å². The van der Waals surface area contributed by atoms with Crippen LogP contribution in [0, 0.1) is 0 Å². The number of rotatable bonds is 8. The number of carbonyl (C=O) groups excluding carboxylic acids is 1. The topological polar surface area (TPSA) is 55.6 Å². The van der Waals surface area contributed by atoms with Gasteiger partial charge in [0, 0.05) is 25.2 Å². The Balaban J connectivity index is 2.03. The number of hydrogen-bond acceptors (Lipinski definition) is 4. The van der Waals surface area contributed by atoms with Crippen molar-refractivity contribution < 1.29 is 9.53 Å². The number of methoxy groups -OCH3 is 1. The Labute approximate surface area is 143 Å². The van der Waals surface area contributed by atoms with Gasteiger partial charge in [0.25, 0.3) is 0 Å². The highest BCUT2D eigenvalue weighted by molar-refractivity contribution is 6.06. The van der Waals surface area contributed by atoms with E-state index in [1.807, 2.05) is 25.3 Å². The maximum atomic E-state index is 12.2. The molecule has 126 valence electrons. The van der Waals surface area contributed by atoms with Gasteiger partial charge in [-0.15, -0.1) is 0 Å². The van der Waals surface area contributed by atoms with E-state index in [0.717, 1.165) is 24.4 Å². The van der Waals surface area contributed by atoms with Crippen LogP contribution in [0.5, 0.6) is 5.75 Å². The molecule has 4 nitrogen and oxygen atoms in total. The number of likely N-dealkylation sites (N-methyl/N-ethyl adjacent to an activating group) is 1. The first kappa shape index (κ1) is 17.9. The molecule has 24 heavy (non-hydrogen) atoms. The molecule has 0 aromatic heterocycles. The van der Waals surface area contributed by atoms with Gasteiger partial charge in [0.05, 0.1) is 7.11 Å². The second kappa shape index (κ2) is 9.01. The van der Waals surface area contributed by atoms with Crippen LogP contribution in [0.1, 0.15) is 21.5 Å². The summed E-state index contributed by atoms with van der Waals surface area (Å²) in [6.07, 6.45) is 3.45. The van der Waals surface area contributed by atoms with Gasteiger partial charge in [-0.3, -0.25) is 4.79 Å². The van der Waals surface area contributed by atoms with Crippen LogP contribution in [0.15, 0.2) is 54.6 Å². The number of hydrogen-bond donors (Lipinski definition) is 1.